The average Bonchev–Trinajstić information content (AvgIpc) is 2.11. The number of aliphatic imine (C=N–C) groups is 1. The summed E-state index contributed by atoms with van der Waals surface area (Å²) >= 11 is 0. The third-order valence-corrected chi connectivity index (χ3v) is 1.50. The fourth-order valence-corrected chi connectivity index (χ4v) is 0.768. The average molecular weight is 185 g/mol. The van der Waals surface area contributed by atoms with E-state index in [2.05, 4.69) is 9.73 Å². The van der Waals surface area contributed by atoms with E-state index in [1.165, 1.54) is 20.2 Å². The number of carbonyl (C=O) groups excluding carboxylic acids is 2. The van der Waals surface area contributed by atoms with Crippen molar-refractivity contribution >= 4 is 18.0 Å². The van der Waals surface area contributed by atoms with Crippen molar-refractivity contribution in [2.75, 3.05) is 13.7 Å². The van der Waals surface area contributed by atoms with Crippen LogP contribution < -0.4 is 0 Å². The molecule has 0 aromatic carbocycles. The second-order valence-corrected chi connectivity index (χ2v) is 2.67. The molecule has 0 radical (unpaired) electrons. The third-order valence-electron chi connectivity index (χ3n) is 1.50. The molecule has 74 valence electrons. The van der Waals surface area contributed by atoms with Gasteiger partial charge in [0.25, 0.3) is 0 Å². The zero-order valence-corrected chi connectivity index (χ0v) is 8.24. The van der Waals surface area contributed by atoms with Gasteiger partial charge < -0.3 is 4.74 Å². The zero-order valence-electron chi connectivity index (χ0n) is 8.24. The maximum atomic E-state index is 11.0. The van der Waals surface area contributed by atoms with Gasteiger partial charge in [-0.2, -0.15) is 0 Å². The van der Waals surface area contributed by atoms with Gasteiger partial charge in [-0.15, -0.1) is 0 Å². The number of hydrogen-bond acceptors (Lipinski definition) is 4. The molecule has 0 fully saturated rings. The Bertz CT molecular complexity index is 211. The first-order chi connectivity index (χ1) is 6.13. The first-order valence-corrected chi connectivity index (χ1v) is 4.21. The maximum absolute atomic E-state index is 11.0. The van der Waals surface area contributed by atoms with Crippen LogP contribution in [0.25, 0.3) is 0 Å². The topological polar surface area (TPSA) is 55.7 Å². The molecule has 1 atom stereocenters. The highest BCUT2D eigenvalue weighted by atomic mass is 16.5. The van der Waals surface area contributed by atoms with Gasteiger partial charge in [0.05, 0.1) is 7.11 Å². The molecule has 0 spiro atoms. The number of ketones is 1. The van der Waals surface area contributed by atoms with Gasteiger partial charge in [-0.05, 0) is 13.3 Å². The Morgan fingerprint density at radius 2 is 2.15 bits per heavy atom. The third kappa shape index (κ3) is 4.40. The van der Waals surface area contributed by atoms with Gasteiger partial charge in [-0.1, -0.05) is 6.92 Å². The number of carbonyl (C=O) groups is 2. The van der Waals surface area contributed by atoms with Gasteiger partial charge in [-0.25, -0.2) is 0 Å². The molecular weight excluding hydrogens is 170 g/mol. The standard InChI is InChI=1S/C9H15NO3/c1-4-5-10-6-8(7(2)11)9(12)13-3/h6,8H,4-5H2,1-3H3. The number of esters is 1. The number of ether oxygens (including phenoxy) is 1. The van der Waals surface area contributed by atoms with E-state index in [1.54, 1.807) is 0 Å². The van der Waals surface area contributed by atoms with E-state index >= 15 is 0 Å². The van der Waals surface area contributed by atoms with Crippen molar-refractivity contribution in [3.63, 3.8) is 0 Å². The predicted octanol–water partition coefficient (Wildman–Crippen LogP) is 0.845. The lowest BCUT2D eigenvalue weighted by Crippen LogP contribution is -2.24. The molecule has 0 saturated carbocycles. The van der Waals surface area contributed by atoms with E-state index in [9.17, 15) is 9.59 Å². The largest absolute Gasteiger partial charge is 0.468 e. The van der Waals surface area contributed by atoms with Crippen molar-refractivity contribution in [3.05, 3.63) is 0 Å². The lowest BCUT2D eigenvalue weighted by molar-refractivity contribution is -0.145. The van der Waals surface area contributed by atoms with E-state index in [-0.39, 0.29) is 5.78 Å². The smallest absolute Gasteiger partial charge is 0.321 e. The Balaban J connectivity index is 4.26. The fourth-order valence-electron chi connectivity index (χ4n) is 0.768. The summed E-state index contributed by atoms with van der Waals surface area (Å²) in [4.78, 5) is 25.9. The summed E-state index contributed by atoms with van der Waals surface area (Å²) in [6.45, 7) is 3.94. The first kappa shape index (κ1) is 11.8. The molecule has 0 N–H and O–H groups in total. The van der Waals surface area contributed by atoms with Gasteiger partial charge in [0.2, 0.25) is 0 Å². The molecule has 0 bridgehead atoms. The van der Waals surface area contributed by atoms with Gasteiger partial charge in [-0.3, -0.25) is 14.6 Å². The minimum atomic E-state index is -0.837. The molecule has 0 aromatic heterocycles. The van der Waals surface area contributed by atoms with Crippen molar-refractivity contribution in [2.45, 2.75) is 20.3 Å². The summed E-state index contributed by atoms with van der Waals surface area (Å²) in [5, 5.41) is 0. The Morgan fingerprint density at radius 3 is 2.54 bits per heavy atom. The van der Waals surface area contributed by atoms with Crippen molar-refractivity contribution in [1.29, 1.82) is 0 Å². The Hall–Kier alpha value is -1.19. The Labute approximate surface area is 78.0 Å². The van der Waals surface area contributed by atoms with E-state index in [1.807, 2.05) is 6.92 Å². The Morgan fingerprint density at radius 1 is 1.54 bits per heavy atom. The van der Waals surface area contributed by atoms with Crippen LogP contribution in [-0.2, 0) is 14.3 Å². The summed E-state index contributed by atoms with van der Waals surface area (Å²) in [5.74, 6) is -1.63. The first-order valence-electron chi connectivity index (χ1n) is 4.21. The second-order valence-electron chi connectivity index (χ2n) is 2.67. The number of rotatable bonds is 5. The van der Waals surface area contributed by atoms with Gasteiger partial charge in [0, 0.05) is 12.8 Å². The molecule has 0 aromatic rings. The highest BCUT2D eigenvalue weighted by molar-refractivity contribution is 6.10. The van der Waals surface area contributed by atoms with Gasteiger partial charge in [0.15, 0.2) is 0 Å². The van der Waals surface area contributed by atoms with Crippen molar-refractivity contribution in [3.8, 4) is 0 Å². The van der Waals surface area contributed by atoms with Crippen LogP contribution in [0.5, 0.6) is 0 Å². The number of hydrogen-bond donors (Lipinski definition) is 0. The number of nitrogens with zero attached hydrogens (tertiary/aromatic N) is 1. The molecule has 0 saturated heterocycles. The lowest BCUT2D eigenvalue weighted by Gasteiger charge is -2.04. The van der Waals surface area contributed by atoms with Crippen LogP contribution in [0, 0.1) is 5.92 Å². The molecule has 13 heavy (non-hydrogen) atoms. The molecule has 0 aliphatic rings. The quantitative estimate of drug-likeness (QED) is 0.362. The summed E-state index contributed by atoms with van der Waals surface area (Å²) < 4.78 is 4.45. The van der Waals surface area contributed by atoms with Crippen molar-refractivity contribution < 1.29 is 14.3 Å². The van der Waals surface area contributed by atoms with E-state index in [0.29, 0.717) is 6.54 Å². The van der Waals surface area contributed by atoms with Crippen LogP contribution in [0.2, 0.25) is 0 Å². The summed E-state index contributed by atoms with van der Waals surface area (Å²) in [7, 11) is 1.26. The number of Topliss-reactive ketones (excluding diaryl/α,β-unsaturated/α-hetero) is 1. The predicted molar refractivity (Wildman–Crippen MR) is 49.8 cm³/mol. The van der Waals surface area contributed by atoms with Crippen molar-refractivity contribution in [1.82, 2.24) is 0 Å². The van der Waals surface area contributed by atoms with E-state index in [0.717, 1.165) is 6.42 Å². The lowest BCUT2D eigenvalue weighted by atomic mass is 10.1. The minimum absolute atomic E-state index is 0.244. The molecule has 0 amide bonds. The highest BCUT2D eigenvalue weighted by Crippen LogP contribution is 1.98. The number of methoxy groups -OCH3 is 1. The van der Waals surface area contributed by atoms with Gasteiger partial charge in [0.1, 0.15) is 11.7 Å². The molecule has 0 rings (SSSR count). The molecule has 0 aliphatic carbocycles. The minimum Gasteiger partial charge on any atom is -0.468 e. The van der Waals surface area contributed by atoms with E-state index < -0.39 is 11.9 Å². The summed E-state index contributed by atoms with van der Waals surface area (Å²) in [6, 6.07) is 0. The van der Waals surface area contributed by atoms with Crippen LogP contribution >= 0.6 is 0 Å². The second kappa shape index (κ2) is 6.34. The fraction of sp³-hybridized carbons (Fsp3) is 0.667. The van der Waals surface area contributed by atoms with Crippen LogP contribution in [0.15, 0.2) is 4.99 Å². The molecule has 0 heterocycles. The maximum Gasteiger partial charge on any atom is 0.321 e. The SMILES string of the molecule is CCCN=CC(C(C)=O)C(=O)OC. The molecule has 4 heteroatoms. The van der Waals surface area contributed by atoms with Crippen LogP contribution in [0.4, 0.5) is 0 Å². The Kier molecular flexibility index (Phi) is 5.76. The molecule has 4 nitrogen and oxygen atoms in total. The van der Waals surface area contributed by atoms with E-state index in [4.69, 9.17) is 0 Å². The monoisotopic (exact) mass is 185 g/mol. The summed E-state index contributed by atoms with van der Waals surface area (Å²) in [5.41, 5.74) is 0. The van der Waals surface area contributed by atoms with Crippen LogP contribution in [0.3, 0.4) is 0 Å². The molecular formula is C9H15NO3. The zero-order chi connectivity index (χ0) is 10.3. The molecule has 0 aliphatic heterocycles. The van der Waals surface area contributed by atoms with Crippen LogP contribution in [-0.4, -0.2) is 31.6 Å². The highest BCUT2D eigenvalue weighted by Gasteiger charge is 2.21. The molecule has 1 unspecified atom stereocenters. The van der Waals surface area contributed by atoms with Crippen LogP contribution in [0.1, 0.15) is 20.3 Å². The summed E-state index contributed by atoms with van der Waals surface area (Å²) in [6.07, 6.45) is 2.25. The van der Waals surface area contributed by atoms with Gasteiger partial charge >= 0.3 is 5.97 Å². The normalized spacial score (nSPS) is 12.8. The van der Waals surface area contributed by atoms with Crippen molar-refractivity contribution in [2.24, 2.45) is 10.9 Å².